The van der Waals surface area contributed by atoms with Crippen molar-refractivity contribution < 1.29 is 14.2 Å². The lowest BCUT2D eigenvalue weighted by Crippen LogP contribution is -2.35. The number of halogens is 1. The molecule has 0 aliphatic carbocycles. The molecule has 0 spiro atoms. The molecule has 1 aliphatic rings. The van der Waals surface area contributed by atoms with Gasteiger partial charge in [0.05, 0.1) is 7.11 Å². The molecule has 2 aromatic carbocycles. The Morgan fingerprint density at radius 3 is 2.75 bits per heavy atom. The van der Waals surface area contributed by atoms with Gasteiger partial charge in [-0.25, -0.2) is 4.39 Å². The van der Waals surface area contributed by atoms with Crippen LogP contribution in [0.2, 0.25) is 0 Å². The summed E-state index contributed by atoms with van der Waals surface area (Å²) in [5.41, 5.74) is 4.95. The fraction of sp³-hybridized carbons (Fsp3) is 0.269. The molecule has 0 saturated heterocycles. The van der Waals surface area contributed by atoms with Crippen molar-refractivity contribution in [3.8, 4) is 22.6 Å². The number of nitrogens with zero attached hydrogens (tertiary/aromatic N) is 2. The first kappa shape index (κ1) is 21.8. The molecule has 2 heterocycles. The van der Waals surface area contributed by atoms with Gasteiger partial charge in [-0.2, -0.15) is 0 Å². The zero-order chi connectivity index (χ0) is 22.8. The summed E-state index contributed by atoms with van der Waals surface area (Å²) < 4.78 is 20.6. The molecular weight excluding hydrogens is 407 g/mol. The fourth-order valence-electron chi connectivity index (χ4n) is 4.20. The Morgan fingerprint density at radius 1 is 1.19 bits per heavy atom. The molecule has 166 valence electrons. The van der Waals surface area contributed by atoms with E-state index in [0.717, 1.165) is 48.4 Å². The van der Waals surface area contributed by atoms with Crippen LogP contribution in [0.5, 0.6) is 11.5 Å². The number of rotatable bonds is 5. The summed E-state index contributed by atoms with van der Waals surface area (Å²) in [6.45, 7) is 4.06. The van der Waals surface area contributed by atoms with E-state index in [4.69, 9.17) is 4.74 Å². The number of aromatic hydroxyl groups is 1. The number of aromatic nitrogens is 1. The van der Waals surface area contributed by atoms with Crippen molar-refractivity contribution in [2.75, 3.05) is 20.2 Å². The quantitative estimate of drug-likeness (QED) is 0.651. The number of hydrogen-bond donors (Lipinski definition) is 1. The number of pyridine rings is 1. The van der Waals surface area contributed by atoms with Crippen LogP contribution in [0.3, 0.4) is 0 Å². The minimum atomic E-state index is -0.271. The average Bonchev–Trinajstić information content (AvgIpc) is 2.79. The van der Waals surface area contributed by atoms with Crippen LogP contribution in [0.25, 0.3) is 17.2 Å². The highest BCUT2D eigenvalue weighted by Gasteiger charge is 2.20. The Hall–Kier alpha value is -3.38. The molecule has 4 rings (SSSR count). The fourth-order valence-corrected chi connectivity index (χ4v) is 4.20. The van der Waals surface area contributed by atoms with Crippen molar-refractivity contribution in [1.82, 2.24) is 9.47 Å². The van der Waals surface area contributed by atoms with E-state index >= 15 is 0 Å². The molecule has 32 heavy (non-hydrogen) atoms. The highest BCUT2D eigenvalue weighted by molar-refractivity contribution is 5.64. The lowest BCUT2D eigenvalue weighted by Gasteiger charge is -2.29. The average molecular weight is 435 g/mol. The Morgan fingerprint density at radius 2 is 2.00 bits per heavy atom. The maximum atomic E-state index is 13.7. The predicted octanol–water partition coefficient (Wildman–Crippen LogP) is 4.29. The molecule has 0 atom stereocenters. The maximum absolute atomic E-state index is 13.7. The molecular formula is C26H27FN2O3. The van der Waals surface area contributed by atoms with E-state index in [1.807, 2.05) is 25.3 Å². The van der Waals surface area contributed by atoms with Gasteiger partial charge in [0.2, 0.25) is 0 Å². The van der Waals surface area contributed by atoms with E-state index in [1.165, 1.54) is 13.2 Å². The number of fused-ring (bicyclic) bond motifs is 1. The molecule has 1 aliphatic heterocycles. The Kier molecular flexibility index (Phi) is 6.15. The van der Waals surface area contributed by atoms with Crippen LogP contribution in [0.4, 0.5) is 4.39 Å². The van der Waals surface area contributed by atoms with Crippen molar-refractivity contribution in [3.05, 3.63) is 87.1 Å². The third-order valence-corrected chi connectivity index (χ3v) is 6.03. The molecule has 6 heteroatoms. The predicted molar refractivity (Wildman–Crippen MR) is 124 cm³/mol. The van der Waals surface area contributed by atoms with Gasteiger partial charge in [0.1, 0.15) is 5.82 Å². The van der Waals surface area contributed by atoms with Gasteiger partial charge in [-0.3, -0.25) is 9.69 Å². The van der Waals surface area contributed by atoms with Crippen LogP contribution < -0.4 is 10.3 Å². The van der Waals surface area contributed by atoms with Crippen molar-refractivity contribution in [1.29, 1.82) is 0 Å². The smallest absolute Gasteiger partial charge is 0.258 e. The summed E-state index contributed by atoms with van der Waals surface area (Å²) in [7, 11) is 3.34. The van der Waals surface area contributed by atoms with Gasteiger partial charge in [-0.1, -0.05) is 24.3 Å². The lowest BCUT2D eigenvalue weighted by molar-refractivity contribution is 0.276. The molecule has 0 saturated carbocycles. The third kappa shape index (κ3) is 4.32. The van der Waals surface area contributed by atoms with Crippen molar-refractivity contribution in [2.45, 2.75) is 19.9 Å². The van der Waals surface area contributed by atoms with Gasteiger partial charge >= 0.3 is 0 Å². The van der Waals surface area contributed by atoms with E-state index in [0.29, 0.717) is 16.9 Å². The standard InChI is InChI=1S/C26H27FN2O3/c1-17-13-19(7-8-22(17)27)21-15-20-16-29(12-10-23(20)28(2)26(21)31)11-4-5-18-6-9-24(30)25(14-18)32-3/h4-9,13-15,30H,10-12,16H2,1-3H3/b5-4+. The molecule has 0 radical (unpaired) electrons. The summed E-state index contributed by atoms with van der Waals surface area (Å²) >= 11 is 0. The number of phenols is 1. The molecule has 0 amide bonds. The van der Waals surface area contributed by atoms with Gasteiger partial charge < -0.3 is 14.4 Å². The van der Waals surface area contributed by atoms with Gasteiger partial charge in [0, 0.05) is 44.4 Å². The van der Waals surface area contributed by atoms with Crippen LogP contribution in [0.15, 0.2) is 53.3 Å². The topological polar surface area (TPSA) is 54.7 Å². The molecule has 0 unspecified atom stereocenters. The summed E-state index contributed by atoms with van der Waals surface area (Å²) in [6, 6.07) is 12.0. The molecule has 1 aromatic heterocycles. The normalized spacial score (nSPS) is 14.0. The molecule has 5 nitrogen and oxygen atoms in total. The summed E-state index contributed by atoms with van der Waals surface area (Å²) in [4.78, 5) is 15.3. The van der Waals surface area contributed by atoms with Gasteiger partial charge in [-0.15, -0.1) is 0 Å². The summed E-state index contributed by atoms with van der Waals surface area (Å²) in [5.74, 6) is 0.298. The van der Waals surface area contributed by atoms with E-state index in [1.54, 1.807) is 35.8 Å². The van der Waals surface area contributed by atoms with Gasteiger partial charge in [0.15, 0.2) is 11.5 Å². The molecule has 3 aromatic rings. The number of benzene rings is 2. The highest BCUT2D eigenvalue weighted by atomic mass is 19.1. The van der Waals surface area contributed by atoms with Crippen molar-refractivity contribution in [2.24, 2.45) is 7.05 Å². The summed E-state index contributed by atoms with van der Waals surface area (Å²) in [5, 5.41) is 9.73. The zero-order valence-corrected chi connectivity index (χ0v) is 18.6. The lowest BCUT2D eigenvalue weighted by atomic mass is 9.98. The van der Waals surface area contributed by atoms with Crippen LogP contribution in [-0.2, 0) is 20.0 Å². The Bertz CT molecular complexity index is 1250. The first-order chi connectivity index (χ1) is 15.4. The van der Waals surface area contributed by atoms with E-state index < -0.39 is 0 Å². The number of hydrogen-bond acceptors (Lipinski definition) is 4. The van der Waals surface area contributed by atoms with Crippen molar-refractivity contribution in [3.63, 3.8) is 0 Å². The van der Waals surface area contributed by atoms with E-state index in [9.17, 15) is 14.3 Å². The highest BCUT2D eigenvalue weighted by Crippen LogP contribution is 2.27. The largest absolute Gasteiger partial charge is 0.504 e. The van der Waals surface area contributed by atoms with Crippen LogP contribution in [0.1, 0.15) is 22.4 Å². The second-order valence-corrected chi connectivity index (χ2v) is 8.18. The Labute approximate surface area is 187 Å². The minimum Gasteiger partial charge on any atom is -0.504 e. The number of methoxy groups -OCH3 is 1. The van der Waals surface area contributed by atoms with Crippen LogP contribution in [-0.4, -0.2) is 34.8 Å². The number of ether oxygens (including phenoxy) is 1. The van der Waals surface area contributed by atoms with Crippen LogP contribution in [0, 0.1) is 12.7 Å². The van der Waals surface area contributed by atoms with Crippen molar-refractivity contribution >= 4 is 6.08 Å². The van der Waals surface area contributed by atoms with Crippen LogP contribution >= 0.6 is 0 Å². The number of phenolic OH excluding ortho intramolecular Hbond substituents is 1. The third-order valence-electron chi connectivity index (χ3n) is 6.03. The molecule has 0 fully saturated rings. The summed E-state index contributed by atoms with van der Waals surface area (Å²) in [6.07, 6.45) is 4.89. The number of aryl methyl sites for hydroxylation is 1. The molecule has 1 N–H and O–H groups in total. The Balaban J connectivity index is 1.54. The van der Waals surface area contributed by atoms with E-state index in [-0.39, 0.29) is 17.1 Å². The second-order valence-electron chi connectivity index (χ2n) is 8.18. The SMILES string of the molecule is COc1cc(/C=C/CN2CCc3c(cc(-c4ccc(F)c(C)c4)c(=O)n3C)C2)ccc1O. The molecule has 0 bridgehead atoms. The monoisotopic (exact) mass is 434 g/mol. The van der Waals surface area contributed by atoms with E-state index in [2.05, 4.69) is 11.0 Å². The second kappa shape index (κ2) is 9.01. The van der Waals surface area contributed by atoms with Gasteiger partial charge in [0.25, 0.3) is 5.56 Å². The first-order valence-electron chi connectivity index (χ1n) is 10.6. The minimum absolute atomic E-state index is 0.0515. The maximum Gasteiger partial charge on any atom is 0.258 e. The zero-order valence-electron chi connectivity index (χ0n) is 18.6. The van der Waals surface area contributed by atoms with Gasteiger partial charge in [-0.05, 0) is 59.5 Å². The first-order valence-corrected chi connectivity index (χ1v) is 10.6.